The molecule has 0 aliphatic heterocycles. The Morgan fingerprint density at radius 3 is 2.54 bits per heavy atom. The average Bonchev–Trinajstić information content (AvgIpc) is 2.62. The average molecular weight is 401 g/mol. The van der Waals surface area contributed by atoms with E-state index in [2.05, 4.69) is 10.6 Å². The first-order valence-corrected chi connectivity index (χ1v) is 7.91. The van der Waals surface area contributed by atoms with Gasteiger partial charge >= 0.3 is 6.18 Å². The van der Waals surface area contributed by atoms with E-state index in [1.807, 2.05) is 0 Å². The van der Waals surface area contributed by atoms with Gasteiger partial charge in [-0.3, -0.25) is 14.9 Å². The second-order valence-electron chi connectivity index (χ2n) is 5.51. The van der Waals surface area contributed by atoms with Gasteiger partial charge in [-0.2, -0.15) is 13.2 Å². The van der Waals surface area contributed by atoms with Crippen LogP contribution in [-0.2, 0) is 11.0 Å². The third-order valence-corrected chi connectivity index (χ3v) is 3.45. The Hall–Kier alpha value is -3.37. The molecule has 150 valence electrons. The number of rotatable bonds is 8. The summed E-state index contributed by atoms with van der Waals surface area (Å²) in [5, 5.41) is 16.0. The van der Waals surface area contributed by atoms with Crippen LogP contribution in [0.25, 0.3) is 0 Å². The minimum Gasteiger partial charge on any atom is -0.484 e. The summed E-state index contributed by atoms with van der Waals surface area (Å²) in [6, 6.07) is 7.34. The zero-order valence-electron chi connectivity index (χ0n) is 14.3. The van der Waals surface area contributed by atoms with Gasteiger partial charge in [0.15, 0.2) is 6.61 Å². The Kier molecular flexibility index (Phi) is 6.74. The van der Waals surface area contributed by atoms with E-state index in [0.717, 1.165) is 18.2 Å². The molecule has 0 saturated carbocycles. The van der Waals surface area contributed by atoms with E-state index in [0.29, 0.717) is 6.07 Å². The van der Waals surface area contributed by atoms with Gasteiger partial charge in [0.05, 0.1) is 10.5 Å². The molecule has 7 nitrogen and oxygen atoms in total. The molecule has 2 rings (SSSR count). The predicted octanol–water partition coefficient (Wildman–Crippen LogP) is 3.36. The van der Waals surface area contributed by atoms with E-state index >= 15 is 0 Å². The number of nitro benzene ring substituents is 1. The van der Waals surface area contributed by atoms with Crippen LogP contribution in [0.15, 0.2) is 42.5 Å². The number of nitrogens with one attached hydrogen (secondary N) is 2. The second-order valence-corrected chi connectivity index (χ2v) is 5.51. The van der Waals surface area contributed by atoms with Crippen molar-refractivity contribution in [2.75, 3.05) is 25.0 Å². The summed E-state index contributed by atoms with van der Waals surface area (Å²) in [5.41, 5.74) is -1.97. The fourth-order valence-corrected chi connectivity index (χ4v) is 2.16. The summed E-state index contributed by atoms with van der Waals surface area (Å²) >= 11 is 0. The summed E-state index contributed by atoms with van der Waals surface area (Å²) < 4.78 is 56.0. The molecule has 2 N–H and O–H groups in total. The molecule has 0 fully saturated rings. The van der Waals surface area contributed by atoms with E-state index in [-0.39, 0.29) is 31.1 Å². The lowest BCUT2D eigenvalue weighted by Gasteiger charge is -2.11. The van der Waals surface area contributed by atoms with Crippen LogP contribution in [0.4, 0.5) is 28.9 Å². The van der Waals surface area contributed by atoms with Gasteiger partial charge < -0.3 is 15.4 Å². The van der Waals surface area contributed by atoms with Crippen LogP contribution >= 0.6 is 0 Å². The van der Waals surface area contributed by atoms with Gasteiger partial charge in [-0.25, -0.2) is 4.39 Å². The largest absolute Gasteiger partial charge is 0.484 e. The van der Waals surface area contributed by atoms with Crippen molar-refractivity contribution < 1.29 is 32.0 Å². The fraction of sp³-hybridized carbons (Fsp3) is 0.235. The molecular formula is C17H15F4N3O4. The van der Waals surface area contributed by atoms with Crippen molar-refractivity contribution >= 4 is 17.3 Å². The minimum absolute atomic E-state index is 0.0257. The molecule has 28 heavy (non-hydrogen) atoms. The van der Waals surface area contributed by atoms with Gasteiger partial charge in [-0.05, 0) is 24.3 Å². The van der Waals surface area contributed by atoms with Crippen LogP contribution in [0.2, 0.25) is 0 Å². The van der Waals surface area contributed by atoms with E-state index in [1.54, 1.807) is 0 Å². The van der Waals surface area contributed by atoms with Crippen LogP contribution in [0.3, 0.4) is 0 Å². The summed E-state index contributed by atoms with van der Waals surface area (Å²) in [5.74, 6) is -0.859. The Labute approximate surface area is 156 Å². The molecule has 0 aliphatic carbocycles. The lowest BCUT2D eigenvalue weighted by atomic mass is 10.1. The fourth-order valence-electron chi connectivity index (χ4n) is 2.16. The zero-order valence-corrected chi connectivity index (χ0v) is 14.3. The van der Waals surface area contributed by atoms with Gasteiger partial charge in [-0.15, -0.1) is 0 Å². The van der Waals surface area contributed by atoms with Crippen LogP contribution < -0.4 is 15.4 Å². The predicted molar refractivity (Wildman–Crippen MR) is 91.5 cm³/mol. The summed E-state index contributed by atoms with van der Waals surface area (Å²) in [7, 11) is 0. The maximum atomic E-state index is 13.0. The molecule has 0 spiro atoms. The topological polar surface area (TPSA) is 93.5 Å². The standard InChI is InChI=1S/C17H15F4N3O4/c18-12-2-1-3-13(9-12)28-10-16(25)23-7-6-22-14-5-4-11(17(19,20)21)8-15(14)24(26)27/h1-5,8-9,22H,6-7,10H2,(H,23,25). The van der Waals surface area contributed by atoms with Crippen LogP contribution in [0, 0.1) is 15.9 Å². The maximum Gasteiger partial charge on any atom is 0.416 e. The van der Waals surface area contributed by atoms with Crippen LogP contribution in [-0.4, -0.2) is 30.5 Å². The number of anilines is 1. The number of amides is 1. The summed E-state index contributed by atoms with van der Waals surface area (Å²) in [6.07, 6.45) is -4.70. The highest BCUT2D eigenvalue weighted by Crippen LogP contribution is 2.34. The van der Waals surface area contributed by atoms with Gasteiger partial charge in [0.1, 0.15) is 17.3 Å². The Morgan fingerprint density at radius 2 is 1.89 bits per heavy atom. The molecule has 11 heteroatoms. The van der Waals surface area contributed by atoms with Crippen molar-refractivity contribution in [3.63, 3.8) is 0 Å². The molecule has 1 amide bonds. The SMILES string of the molecule is O=C(COc1cccc(F)c1)NCCNc1ccc(C(F)(F)F)cc1[N+](=O)[O-]. The lowest BCUT2D eigenvalue weighted by molar-refractivity contribution is -0.384. The molecule has 2 aromatic carbocycles. The lowest BCUT2D eigenvalue weighted by Crippen LogP contribution is -2.32. The van der Waals surface area contributed by atoms with Crippen LogP contribution in [0.5, 0.6) is 5.75 Å². The highest BCUT2D eigenvalue weighted by Gasteiger charge is 2.32. The molecule has 0 aromatic heterocycles. The van der Waals surface area contributed by atoms with E-state index in [9.17, 15) is 32.5 Å². The number of hydrogen-bond donors (Lipinski definition) is 2. The molecule has 0 heterocycles. The highest BCUT2D eigenvalue weighted by molar-refractivity contribution is 5.77. The monoisotopic (exact) mass is 401 g/mol. The number of carbonyl (C=O) groups excluding carboxylic acids is 1. The second kappa shape index (κ2) is 9.02. The molecule has 0 atom stereocenters. The maximum absolute atomic E-state index is 13.0. The number of carbonyl (C=O) groups is 1. The van der Waals surface area contributed by atoms with Crippen LogP contribution in [0.1, 0.15) is 5.56 Å². The highest BCUT2D eigenvalue weighted by atomic mass is 19.4. The summed E-state index contributed by atoms with van der Waals surface area (Å²) in [4.78, 5) is 21.7. The first kappa shape index (κ1) is 20.9. The van der Waals surface area contributed by atoms with E-state index in [1.165, 1.54) is 18.2 Å². The molecule has 2 aromatic rings. The number of nitrogens with zero attached hydrogens (tertiary/aromatic N) is 1. The van der Waals surface area contributed by atoms with Gasteiger partial charge in [0.25, 0.3) is 11.6 Å². The number of nitro groups is 1. The van der Waals surface area contributed by atoms with Gasteiger partial charge in [0.2, 0.25) is 0 Å². The van der Waals surface area contributed by atoms with Gasteiger partial charge in [-0.1, -0.05) is 6.07 Å². The molecular weight excluding hydrogens is 386 g/mol. The molecule has 0 saturated heterocycles. The third kappa shape index (κ3) is 6.11. The molecule has 0 unspecified atom stereocenters. The Morgan fingerprint density at radius 1 is 1.14 bits per heavy atom. The quantitative estimate of drug-likeness (QED) is 0.306. The number of alkyl halides is 3. The number of hydrogen-bond acceptors (Lipinski definition) is 5. The number of benzene rings is 2. The van der Waals surface area contributed by atoms with Crippen molar-refractivity contribution in [1.82, 2.24) is 5.32 Å². The Balaban J connectivity index is 1.82. The molecule has 0 bridgehead atoms. The number of halogens is 4. The van der Waals surface area contributed by atoms with E-state index in [4.69, 9.17) is 4.74 Å². The van der Waals surface area contributed by atoms with Crippen molar-refractivity contribution in [2.45, 2.75) is 6.18 Å². The first-order valence-electron chi connectivity index (χ1n) is 7.91. The zero-order chi connectivity index (χ0) is 20.7. The summed E-state index contributed by atoms with van der Waals surface area (Å²) in [6.45, 7) is -0.314. The van der Waals surface area contributed by atoms with Gasteiger partial charge in [0, 0.05) is 25.2 Å². The first-order chi connectivity index (χ1) is 13.2. The molecule has 0 aliphatic rings. The third-order valence-electron chi connectivity index (χ3n) is 3.45. The van der Waals surface area contributed by atoms with Crippen molar-refractivity contribution in [1.29, 1.82) is 0 Å². The molecule has 0 radical (unpaired) electrons. The Bertz CT molecular complexity index is 859. The smallest absolute Gasteiger partial charge is 0.416 e. The van der Waals surface area contributed by atoms with E-state index < -0.39 is 34.1 Å². The number of ether oxygens (including phenoxy) is 1. The van der Waals surface area contributed by atoms with Crippen molar-refractivity contribution in [3.05, 3.63) is 64.0 Å². The minimum atomic E-state index is -4.70. The van der Waals surface area contributed by atoms with Crippen molar-refractivity contribution in [3.8, 4) is 5.75 Å². The normalized spacial score (nSPS) is 11.0. The van der Waals surface area contributed by atoms with Crippen molar-refractivity contribution in [2.24, 2.45) is 0 Å².